The highest BCUT2D eigenvalue weighted by molar-refractivity contribution is 5.83. The molecule has 1 fully saturated rings. The van der Waals surface area contributed by atoms with Crippen LogP contribution in [0.1, 0.15) is 44.4 Å². The van der Waals surface area contributed by atoms with Crippen molar-refractivity contribution in [1.29, 1.82) is 0 Å². The van der Waals surface area contributed by atoms with Gasteiger partial charge in [-0.2, -0.15) is 0 Å². The highest BCUT2D eigenvalue weighted by Crippen LogP contribution is 2.39. The van der Waals surface area contributed by atoms with Crippen LogP contribution in [0, 0.1) is 12.3 Å². The van der Waals surface area contributed by atoms with Crippen molar-refractivity contribution in [2.45, 2.75) is 46.5 Å². The van der Waals surface area contributed by atoms with Crippen molar-refractivity contribution in [2.75, 3.05) is 38.3 Å². The smallest absolute Gasteiger partial charge is 0.307 e. The second kappa shape index (κ2) is 10.1. The third-order valence-corrected chi connectivity index (χ3v) is 5.90. The van der Waals surface area contributed by atoms with Crippen LogP contribution in [-0.2, 0) is 16.0 Å². The summed E-state index contributed by atoms with van der Waals surface area (Å²) < 4.78 is 10.8. The number of aliphatic carboxylic acids is 1. The molecule has 3 heterocycles. The Bertz CT molecular complexity index is 886. The number of hydrogen-bond donors (Lipinski definition) is 1. The number of aromatic nitrogens is 2. The van der Waals surface area contributed by atoms with Gasteiger partial charge in [0.25, 0.3) is 0 Å². The summed E-state index contributed by atoms with van der Waals surface area (Å²) in [5.74, 6) is -0.152. The Morgan fingerprint density at radius 3 is 2.52 bits per heavy atom. The van der Waals surface area contributed by atoms with E-state index in [1.807, 2.05) is 25.3 Å². The number of carboxylic acids is 1. The third-order valence-electron chi connectivity index (χ3n) is 5.90. The molecule has 1 N–H and O–H groups in total. The van der Waals surface area contributed by atoms with E-state index in [1.165, 1.54) is 0 Å². The van der Waals surface area contributed by atoms with Crippen LogP contribution in [-0.4, -0.2) is 54.5 Å². The molecular weight excluding hydrogens is 394 g/mol. The Hall–Kier alpha value is -2.67. The van der Waals surface area contributed by atoms with Crippen LogP contribution in [0.4, 0.5) is 5.69 Å². The molecule has 1 saturated heterocycles. The molecule has 31 heavy (non-hydrogen) atoms. The molecule has 3 rings (SSSR count). The van der Waals surface area contributed by atoms with Gasteiger partial charge in [-0.1, -0.05) is 13.8 Å². The number of carbonyl (C=O) groups is 1. The zero-order valence-electron chi connectivity index (χ0n) is 19.0. The third kappa shape index (κ3) is 5.94. The fourth-order valence-electron chi connectivity index (χ4n) is 3.90. The molecule has 0 radical (unpaired) electrons. The molecule has 168 valence electrons. The van der Waals surface area contributed by atoms with Gasteiger partial charge in [-0.25, -0.2) is 0 Å². The van der Waals surface area contributed by atoms with Crippen molar-refractivity contribution < 1.29 is 19.4 Å². The van der Waals surface area contributed by atoms with Gasteiger partial charge in [0.1, 0.15) is 5.75 Å². The van der Waals surface area contributed by atoms with Crippen LogP contribution in [0.3, 0.4) is 0 Å². The summed E-state index contributed by atoms with van der Waals surface area (Å²) in [6, 6.07) is 3.81. The Balaban J connectivity index is 1.93. The van der Waals surface area contributed by atoms with Crippen LogP contribution in [0.2, 0.25) is 0 Å². The van der Waals surface area contributed by atoms with Gasteiger partial charge in [-0.05, 0) is 37.3 Å². The molecule has 0 amide bonds. The first-order chi connectivity index (χ1) is 14.8. The minimum atomic E-state index is -0.853. The van der Waals surface area contributed by atoms with Crippen molar-refractivity contribution >= 4 is 11.7 Å². The van der Waals surface area contributed by atoms with Crippen LogP contribution < -0.4 is 9.64 Å². The maximum Gasteiger partial charge on any atom is 0.307 e. The second-order valence-corrected chi connectivity index (χ2v) is 8.88. The fraction of sp³-hybridized carbons (Fsp3) is 0.542. The molecule has 0 aliphatic carbocycles. The number of nitrogens with zero attached hydrogens (tertiary/aromatic N) is 3. The quantitative estimate of drug-likeness (QED) is 0.603. The van der Waals surface area contributed by atoms with Gasteiger partial charge < -0.3 is 19.5 Å². The van der Waals surface area contributed by atoms with Crippen LogP contribution in [0.5, 0.6) is 5.75 Å². The van der Waals surface area contributed by atoms with E-state index in [0.717, 1.165) is 60.6 Å². The minimum absolute atomic E-state index is 0.0530. The lowest BCUT2D eigenvalue weighted by molar-refractivity contribution is -0.136. The first-order valence-corrected chi connectivity index (χ1v) is 10.8. The standard InChI is InChI=1S/C24H33N3O4/c1-17-19(14-22(28)29)23(27-10-8-24(2,3)9-11-27)20(16-25-17)21-7-6-18(15-26-21)31-13-5-12-30-4/h6-7,15-16H,5,8-14H2,1-4H3,(H,28,29). The number of methoxy groups -OCH3 is 1. The van der Waals surface area contributed by atoms with E-state index in [4.69, 9.17) is 9.47 Å². The average Bonchev–Trinajstić information content (AvgIpc) is 2.73. The van der Waals surface area contributed by atoms with Gasteiger partial charge in [0.2, 0.25) is 0 Å². The Kier molecular flexibility index (Phi) is 7.49. The van der Waals surface area contributed by atoms with Gasteiger partial charge in [0.15, 0.2) is 0 Å². The lowest BCUT2D eigenvalue weighted by Gasteiger charge is -2.40. The number of aryl methyl sites for hydroxylation is 1. The minimum Gasteiger partial charge on any atom is -0.492 e. The molecule has 0 saturated carbocycles. The predicted molar refractivity (Wildman–Crippen MR) is 121 cm³/mol. The highest BCUT2D eigenvalue weighted by Gasteiger charge is 2.29. The van der Waals surface area contributed by atoms with Crippen molar-refractivity contribution in [3.63, 3.8) is 0 Å². The summed E-state index contributed by atoms with van der Waals surface area (Å²) in [7, 11) is 1.67. The number of hydrogen-bond acceptors (Lipinski definition) is 6. The first kappa shape index (κ1) is 23.0. The van der Waals surface area contributed by atoms with Crippen molar-refractivity contribution in [2.24, 2.45) is 5.41 Å². The fourth-order valence-corrected chi connectivity index (χ4v) is 3.90. The van der Waals surface area contributed by atoms with Gasteiger partial charge >= 0.3 is 5.97 Å². The zero-order valence-corrected chi connectivity index (χ0v) is 19.0. The maximum atomic E-state index is 11.6. The van der Waals surface area contributed by atoms with Gasteiger partial charge in [-0.3, -0.25) is 14.8 Å². The lowest BCUT2D eigenvalue weighted by atomic mass is 9.82. The molecule has 1 aliphatic heterocycles. The summed E-state index contributed by atoms with van der Waals surface area (Å²) in [5, 5.41) is 9.53. The molecule has 2 aromatic rings. The molecule has 0 spiro atoms. The van der Waals surface area contributed by atoms with E-state index < -0.39 is 5.97 Å². The second-order valence-electron chi connectivity index (χ2n) is 8.88. The summed E-state index contributed by atoms with van der Waals surface area (Å²) >= 11 is 0. The molecule has 2 aromatic heterocycles. The molecule has 7 nitrogen and oxygen atoms in total. The van der Waals surface area contributed by atoms with E-state index in [-0.39, 0.29) is 6.42 Å². The normalized spacial score (nSPS) is 15.7. The SMILES string of the molecule is COCCCOc1ccc(-c2cnc(C)c(CC(=O)O)c2N2CCC(C)(C)CC2)nc1. The average molecular weight is 428 g/mol. The van der Waals surface area contributed by atoms with Crippen LogP contribution in [0.25, 0.3) is 11.3 Å². The van der Waals surface area contributed by atoms with E-state index in [0.29, 0.717) is 24.4 Å². The van der Waals surface area contributed by atoms with Crippen molar-refractivity contribution in [3.05, 3.63) is 35.8 Å². The predicted octanol–water partition coefficient (Wildman–Crippen LogP) is 4.12. The molecule has 0 atom stereocenters. The van der Waals surface area contributed by atoms with Gasteiger partial charge in [0.05, 0.1) is 30.6 Å². The van der Waals surface area contributed by atoms with Crippen molar-refractivity contribution in [3.8, 4) is 17.0 Å². The molecule has 0 aromatic carbocycles. The van der Waals surface area contributed by atoms with E-state index >= 15 is 0 Å². The monoisotopic (exact) mass is 427 g/mol. The number of pyridine rings is 2. The Morgan fingerprint density at radius 1 is 1.16 bits per heavy atom. The summed E-state index contributed by atoms with van der Waals surface area (Å²) in [4.78, 5) is 23.0. The topological polar surface area (TPSA) is 84.8 Å². The van der Waals surface area contributed by atoms with Gasteiger partial charge in [-0.15, -0.1) is 0 Å². The molecular formula is C24H33N3O4. The number of rotatable bonds is 9. The summed E-state index contributed by atoms with van der Waals surface area (Å²) in [6.45, 7) is 9.45. The lowest BCUT2D eigenvalue weighted by Crippen LogP contribution is -2.38. The largest absolute Gasteiger partial charge is 0.492 e. The van der Waals surface area contributed by atoms with E-state index in [2.05, 4.69) is 28.7 Å². The summed E-state index contributed by atoms with van der Waals surface area (Å²) in [6.07, 6.45) is 6.40. The van der Waals surface area contributed by atoms with E-state index in [9.17, 15) is 9.90 Å². The van der Waals surface area contributed by atoms with Crippen LogP contribution >= 0.6 is 0 Å². The molecule has 0 bridgehead atoms. The number of carboxylic acid groups (broad SMARTS) is 1. The molecule has 7 heteroatoms. The first-order valence-electron chi connectivity index (χ1n) is 10.8. The molecule has 1 aliphatic rings. The molecule has 0 unspecified atom stereocenters. The van der Waals surface area contributed by atoms with Crippen molar-refractivity contribution in [1.82, 2.24) is 9.97 Å². The maximum absolute atomic E-state index is 11.6. The van der Waals surface area contributed by atoms with E-state index in [1.54, 1.807) is 13.3 Å². The Morgan fingerprint density at radius 2 is 1.90 bits per heavy atom. The summed E-state index contributed by atoms with van der Waals surface area (Å²) in [5.41, 5.74) is 4.41. The highest BCUT2D eigenvalue weighted by atomic mass is 16.5. The number of anilines is 1. The van der Waals surface area contributed by atoms with Crippen LogP contribution in [0.15, 0.2) is 24.5 Å². The van der Waals surface area contributed by atoms with Gasteiger partial charge in [0, 0.05) is 56.2 Å². The zero-order chi connectivity index (χ0) is 22.4. The number of piperidine rings is 1. The number of ether oxygens (including phenoxy) is 2. The Labute approximate surface area is 184 Å².